The van der Waals surface area contributed by atoms with Crippen LogP contribution in [0.4, 0.5) is 0 Å². The number of fused-ring (bicyclic) bond motifs is 1. The lowest BCUT2D eigenvalue weighted by Crippen LogP contribution is -2.26. The Kier molecular flexibility index (Phi) is 4.14. The highest BCUT2D eigenvalue weighted by Gasteiger charge is 2.17. The maximum Gasteiger partial charge on any atom is 0.220 e. The molecule has 0 bridgehead atoms. The molecule has 5 heteroatoms. The first kappa shape index (κ1) is 13.3. The summed E-state index contributed by atoms with van der Waals surface area (Å²) in [6.07, 6.45) is 11.8. The van der Waals surface area contributed by atoms with Crippen molar-refractivity contribution >= 4 is 5.91 Å². The summed E-state index contributed by atoms with van der Waals surface area (Å²) in [6, 6.07) is 0. The van der Waals surface area contributed by atoms with Gasteiger partial charge in [0, 0.05) is 19.4 Å². The largest absolute Gasteiger partial charge is 0.349 e. The van der Waals surface area contributed by atoms with E-state index in [0.717, 1.165) is 37.5 Å². The van der Waals surface area contributed by atoms with Gasteiger partial charge in [0.25, 0.3) is 0 Å². The maximum atomic E-state index is 11.9. The van der Waals surface area contributed by atoms with E-state index >= 15 is 0 Å². The van der Waals surface area contributed by atoms with Crippen molar-refractivity contribution < 1.29 is 4.79 Å². The van der Waals surface area contributed by atoms with E-state index in [4.69, 9.17) is 0 Å². The minimum atomic E-state index is 0.118. The SMILES string of the molecule is O=C(C[C@H]1C=CCC1)NCc1nnc2n1CCCCC2. The van der Waals surface area contributed by atoms with Gasteiger partial charge in [0.05, 0.1) is 6.54 Å². The average Bonchev–Trinajstić information content (AvgIpc) is 3.02. The molecular formula is C15H22N4O. The van der Waals surface area contributed by atoms with Crippen molar-refractivity contribution in [3.63, 3.8) is 0 Å². The van der Waals surface area contributed by atoms with Gasteiger partial charge in [0.1, 0.15) is 5.82 Å². The van der Waals surface area contributed by atoms with E-state index in [2.05, 4.69) is 32.2 Å². The van der Waals surface area contributed by atoms with Gasteiger partial charge in [-0.1, -0.05) is 18.6 Å². The highest BCUT2D eigenvalue weighted by Crippen LogP contribution is 2.20. The second-order valence-electron chi connectivity index (χ2n) is 5.74. The standard InChI is InChI=1S/C15H22N4O/c20-15(10-12-6-3-4-7-12)16-11-14-18-17-13-8-2-1-5-9-19(13)14/h3,6,12H,1-2,4-5,7-11H2,(H,16,20)/t12-/m0/s1. The van der Waals surface area contributed by atoms with Crippen LogP contribution in [-0.4, -0.2) is 20.7 Å². The average molecular weight is 274 g/mol. The molecule has 20 heavy (non-hydrogen) atoms. The Balaban J connectivity index is 1.54. The number of amides is 1. The van der Waals surface area contributed by atoms with Gasteiger partial charge >= 0.3 is 0 Å². The first-order valence-corrected chi connectivity index (χ1v) is 7.67. The second-order valence-corrected chi connectivity index (χ2v) is 5.74. The van der Waals surface area contributed by atoms with Crippen LogP contribution in [0.15, 0.2) is 12.2 Å². The Morgan fingerprint density at radius 1 is 1.35 bits per heavy atom. The molecule has 0 saturated heterocycles. The van der Waals surface area contributed by atoms with Crippen molar-refractivity contribution in [3.8, 4) is 0 Å². The molecule has 2 heterocycles. The van der Waals surface area contributed by atoms with Gasteiger partial charge in [-0.05, 0) is 31.6 Å². The summed E-state index contributed by atoms with van der Waals surface area (Å²) in [4.78, 5) is 11.9. The van der Waals surface area contributed by atoms with Gasteiger partial charge in [-0.25, -0.2) is 0 Å². The maximum absolute atomic E-state index is 11.9. The molecule has 108 valence electrons. The van der Waals surface area contributed by atoms with Gasteiger partial charge in [-0.15, -0.1) is 10.2 Å². The molecule has 0 radical (unpaired) electrons. The number of carbonyl (C=O) groups is 1. The zero-order valence-corrected chi connectivity index (χ0v) is 11.8. The third-order valence-electron chi connectivity index (χ3n) is 4.19. The first-order valence-electron chi connectivity index (χ1n) is 7.67. The van der Waals surface area contributed by atoms with Crippen LogP contribution < -0.4 is 5.32 Å². The molecular weight excluding hydrogens is 252 g/mol. The molecule has 0 unspecified atom stereocenters. The topological polar surface area (TPSA) is 59.8 Å². The fraction of sp³-hybridized carbons (Fsp3) is 0.667. The minimum absolute atomic E-state index is 0.118. The molecule has 0 saturated carbocycles. The zero-order chi connectivity index (χ0) is 13.8. The van der Waals surface area contributed by atoms with Crippen LogP contribution >= 0.6 is 0 Å². The third-order valence-corrected chi connectivity index (χ3v) is 4.19. The number of nitrogens with zero attached hydrogens (tertiary/aromatic N) is 3. The Morgan fingerprint density at radius 3 is 3.15 bits per heavy atom. The lowest BCUT2D eigenvalue weighted by Gasteiger charge is -2.10. The fourth-order valence-electron chi connectivity index (χ4n) is 3.03. The lowest BCUT2D eigenvalue weighted by molar-refractivity contribution is -0.121. The van der Waals surface area contributed by atoms with Crippen LogP contribution in [0.1, 0.15) is 50.2 Å². The first-order chi connectivity index (χ1) is 9.83. The molecule has 0 fully saturated rings. The van der Waals surface area contributed by atoms with Crippen molar-refractivity contribution in [1.29, 1.82) is 0 Å². The Bertz CT molecular complexity index is 506. The third kappa shape index (κ3) is 3.08. The predicted octanol–water partition coefficient (Wildman–Crippen LogP) is 1.98. The van der Waals surface area contributed by atoms with Crippen LogP contribution in [0.2, 0.25) is 0 Å². The van der Waals surface area contributed by atoms with Crippen LogP contribution in [0, 0.1) is 5.92 Å². The van der Waals surface area contributed by atoms with Gasteiger partial charge < -0.3 is 9.88 Å². The number of allylic oxidation sites excluding steroid dienone is 2. The number of hydrogen-bond acceptors (Lipinski definition) is 3. The van der Waals surface area contributed by atoms with E-state index in [1.807, 2.05) is 0 Å². The molecule has 1 atom stereocenters. The molecule has 0 spiro atoms. The van der Waals surface area contributed by atoms with Crippen LogP contribution in [0.5, 0.6) is 0 Å². The molecule has 1 aromatic heterocycles. The molecule has 1 N–H and O–H groups in total. The van der Waals surface area contributed by atoms with E-state index < -0.39 is 0 Å². The summed E-state index contributed by atoms with van der Waals surface area (Å²) >= 11 is 0. The van der Waals surface area contributed by atoms with Crippen LogP contribution in [0.25, 0.3) is 0 Å². The second kappa shape index (κ2) is 6.20. The number of hydrogen-bond donors (Lipinski definition) is 1. The van der Waals surface area contributed by atoms with E-state index in [1.165, 1.54) is 19.3 Å². The molecule has 1 aliphatic carbocycles. The number of carbonyl (C=O) groups excluding carboxylic acids is 1. The summed E-state index contributed by atoms with van der Waals surface area (Å²) in [7, 11) is 0. The summed E-state index contributed by atoms with van der Waals surface area (Å²) in [5.41, 5.74) is 0. The van der Waals surface area contributed by atoms with Crippen LogP contribution in [-0.2, 0) is 24.3 Å². The number of rotatable bonds is 4. The molecule has 3 rings (SSSR count). The molecule has 1 amide bonds. The van der Waals surface area contributed by atoms with Crippen molar-refractivity contribution in [1.82, 2.24) is 20.1 Å². The number of aryl methyl sites for hydroxylation is 1. The predicted molar refractivity (Wildman–Crippen MR) is 75.9 cm³/mol. The monoisotopic (exact) mass is 274 g/mol. The van der Waals surface area contributed by atoms with Crippen molar-refractivity contribution in [2.24, 2.45) is 5.92 Å². The summed E-state index contributed by atoms with van der Waals surface area (Å²) in [5.74, 6) is 2.51. The van der Waals surface area contributed by atoms with Gasteiger partial charge in [-0.2, -0.15) is 0 Å². The number of nitrogens with one attached hydrogen (secondary N) is 1. The van der Waals surface area contributed by atoms with Crippen molar-refractivity contribution in [3.05, 3.63) is 23.8 Å². The quantitative estimate of drug-likeness (QED) is 0.854. The highest BCUT2D eigenvalue weighted by molar-refractivity contribution is 5.76. The molecule has 5 nitrogen and oxygen atoms in total. The van der Waals surface area contributed by atoms with Crippen molar-refractivity contribution in [2.45, 2.75) is 58.0 Å². The summed E-state index contributed by atoms with van der Waals surface area (Å²) < 4.78 is 2.18. The van der Waals surface area contributed by atoms with E-state index in [9.17, 15) is 4.79 Å². The van der Waals surface area contributed by atoms with E-state index in [1.54, 1.807) is 0 Å². The molecule has 1 aliphatic heterocycles. The normalized spacial score (nSPS) is 21.5. The lowest BCUT2D eigenvalue weighted by atomic mass is 10.1. The van der Waals surface area contributed by atoms with E-state index in [0.29, 0.717) is 18.9 Å². The van der Waals surface area contributed by atoms with Gasteiger partial charge in [0.15, 0.2) is 5.82 Å². The van der Waals surface area contributed by atoms with E-state index in [-0.39, 0.29) is 5.91 Å². The summed E-state index contributed by atoms with van der Waals surface area (Å²) in [6.45, 7) is 1.49. The Morgan fingerprint density at radius 2 is 2.30 bits per heavy atom. The number of aromatic nitrogens is 3. The Labute approximate surface area is 119 Å². The van der Waals surface area contributed by atoms with Crippen LogP contribution in [0.3, 0.4) is 0 Å². The minimum Gasteiger partial charge on any atom is -0.349 e. The Hall–Kier alpha value is -1.65. The zero-order valence-electron chi connectivity index (χ0n) is 11.8. The van der Waals surface area contributed by atoms with Gasteiger partial charge in [-0.3, -0.25) is 4.79 Å². The molecule has 0 aromatic carbocycles. The van der Waals surface area contributed by atoms with Gasteiger partial charge in [0.2, 0.25) is 5.91 Å². The molecule has 2 aliphatic rings. The van der Waals surface area contributed by atoms with Crippen molar-refractivity contribution in [2.75, 3.05) is 0 Å². The highest BCUT2D eigenvalue weighted by atomic mass is 16.1. The summed E-state index contributed by atoms with van der Waals surface area (Å²) in [5, 5.41) is 11.5. The fourth-order valence-corrected chi connectivity index (χ4v) is 3.03. The smallest absolute Gasteiger partial charge is 0.220 e. The molecule has 1 aromatic rings.